The molecule has 2 N–H and O–H groups in total. The van der Waals surface area contributed by atoms with Crippen molar-refractivity contribution >= 4 is 48.9 Å². The van der Waals surface area contributed by atoms with E-state index in [2.05, 4.69) is 9.71 Å². The topological polar surface area (TPSA) is 88.2 Å². The van der Waals surface area contributed by atoms with Crippen LogP contribution in [0.5, 0.6) is 0 Å². The van der Waals surface area contributed by atoms with Crippen molar-refractivity contribution in [1.82, 2.24) is 4.98 Å². The van der Waals surface area contributed by atoms with E-state index >= 15 is 0 Å². The Kier molecular flexibility index (Phi) is 4.82. The van der Waals surface area contributed by atoms with Crippen molar-refractivity contribution in [2.45, 2.75) is 18.0 Å². The second-order valence-electron chi connectivity index (χ2n) is 5.50. The highest BCUT2D eigenvalue weighted by Gasteiger charge is 2.38. The summed E-state index contributed by atoms with van der Waals surface area (Å²) >= 11 is 1.42. The summed E-state index contributed by atoms with van der Waals surface area (Å²) < 4.78 is 64.8. The van der Waals surface area contributed by atoms with E-state index < -0.39 is 22.1 Å². The zero-order valence-electron chi connectivity index (χ0n) is 13.7. The van der Waals surface area contributed by atoms with Gasteiger partial charge >= 0.3 is 12.1 Å². The van der Waals surface area contributed by atoms with Crippen molar-refractivity contribution in [2.24, 2.45) is 0 Å². The summed E-state index contributed by atoms with van der Waals surface area (Å²) in [6, 6.07) is 9.26. The zero-order chi connectivity index (χ0) is 19.8. The molecule has 0 fully saturated rings. The van der Waals surface area contributed by atoms with Gasteiger partial charge in [0.15, 0.2) is 0 Å². The Labute approximate surface area is 156 Å². The predicted molar refractivity (Wildman–Crippen MR) is 96.3 cm³/mol. The standard InChI is InChI=1S/C16H12F3N3O3S2/c1-9-20-13-7-4-11(8-14(13)26-9)22-27(24,25)12-5-2-10(3-6-12)21-15(23)16(17,18)19/h2-8,22H,1H3,(H,21,23). The number of halogens is 3. The van der Waals surface area contributed by atoms with Gasteiger partial charge in [-0.3, -0.25) is 9.52 Å². The van der Waals surface area contributed by atoms with Crippen molar-refractivity contribution in [3.05, 3.63) is 47.5 Å². The second kappa shape index (κ2) is 6.82. The van der Waals surface area contributed by atoms with E-state index in [1.807, 2.05) is 6.92 Å². The molecule has 6 nitrogen and oxygen atoms in total. The van der Waals surface area contributed by atoms with Crippen molar-refractivity contribution in [1.29, 1.82) is 0 Å². The smallest absolute Gasteiger partial charge is 0.318 e. The number of nitrogens with zero attached hydrogens (tertiary/aromatic N) is 1. The number of hydrogen-bond acceptors (Lipinski definition) is 5. The minimum atomic E-state index is -5.03. The molecular weight excluding hydrogens is 403 g/mol. The maximum Gasteiger partial charge on any atom is 0.471 e. The van der Waals surface area contributed by atoms with Gasteiger partial charge in [-0.2, -0.15) is 13.2 Å². The molecule has 2 aromatic carbocycles. The summed E-state index contributed by atoms with van der Waals surface area (Å²) in [5, 5.41) is 2.50. The minimum absolute atomic E-state index is 0.159. The molecule has 0 saturated carbocycles. The number of carbonyl (C=O) groups is 1. The number of amides is 1. The molecule has 0 bridgehead atoms. The van der Waals surface area contributed by atoms with Crippen LogP contribution in [0.25, 0.3) is 10.2 Å². The lowest BCUT2D eigenvalue weighted by atomic mass is 10.3. The average Bonchev–Trinajstić information content (AvgIpc) is 2.93. The van der Waals surface area contributed by atoms with Gasteiger partial charge in [-0.25, -0.2) is 13.4 Å². The van der Waals surface area contributed by atoms with Crippen molar-refractivity contribution in [2.75, 3.05) is 10.0 Å². The lowest BCUT2D eigenvalue weighted by molar-refractivity contribution is -0.167. The average molecular weight is 415 g/mol. The molecule has 1 aromatic heterocycles. The fraction of sp³-hybridized carbons (Fsp3) is 0.125. The van der Waals surface area contributed by atoms with Crippen LogP contribution < -0.4 is 10.0 Å². The second-order valence-corrected chi connectivity index (χ2v) is 8.41. The minimum Gasteiger partial charge on any atom is -0.318 e. The molecule has 0 saturated heterocycles. The first-order valence-electron chi connectivity index (χ1n) is 7.43. The molecule has 0 aliphatic rings. The molecule has 3 aromatic rings. The van der Waals surface area contributed by atoms with Crippen LogP contribution in [0.3, 0.4) is 0 Å². The predicted octanol–water partition coefficient (Wildman–Crippen LogP) is 3.91. The van der Waals surface area contributed by atoms with Gasteiger partial charge < -0.3 is 5.32 Å². The van der Waals surface area contributed by atoms with Crippen LogP contribution >= 0.6 is 11.3 Å². The van der Waals surface area contributed by atoms with E-state index in [9.17, 15) is 26.4 Å². The van der Waals surface area contributed by atoms with Crippen LogP contribution in [-0.4, -0.2) is 25.5 Å². The molecule has 142 valence electrons. The van der Waals surface area contributed by atoms with Crippen LogP contribution in [0, 0.1) is 6.92 Å². The molecule has 0 radical (unpaired) electrons. The van der Waals surface area contributed by atoms with Gasteiger partial charge in [-0.05, 0) is 49.4 Å². The van der Waals surface area contributed by atoms with E-state index in [-0.39, 0.29) is 10.6 Å². The summed E-state index contributed by atoms with van der Waals surface area (Å²) in [7, 11) is -3.95. The van der Waals surface area contributed by atoms with Crippen LogP contribution in [0.2, 0.25) is 0 Å². The summed E-state index contributed by atoms with van der Waals surface area (Å²) in [6.45, 7) is 1.84. The maximum absolute atomic E-state index is 12.4. The lowest BCUT2D eigenvalue weighted by Gasteiger charge is -2.10. The van der Waals surface area contributed by atoms with E-state index in [0.717, 1.165) is 39.5 Å². The highest BCUT2D eigenvalue weighted by Crippen LogP contribution is 2.26. The van der Waals surface area contributed by atoms with Gasteiger partial charge in [0.25, 0.3) is 10.0 Å². The Morgan fingerprint density at radius 1 is 1.07 bits per heavy atom. The molecule has 0 atom stereocenters. The third-order valence-corrected chi connectivity index (χ3v) is 5.76. The molecule has 3 rings (SSSR count). The number of hydrogen-bond donors (Lipinski definition) is 2. The number of fused-ring (bicyclic) bond motifs is 1. The molecule has 11 heteroatoms. The number of aryl methyl sites for hydroxylation is 1. The number of alkyl halides is 3. The summed E-state index contributed by atoms with van der Waals surface area (Å²) in [5.74, 6) is -2.13. The largest absolute Gasteiger partial charge is 0.471 e. The van der Waals surface area contributed by atoms with Crippen LogP contribution in [0.15, 0.2) is 47.4 Å². The zero-order valence-corrected chi connectivity index (χ0v) is 15.3. The van der Waals surface area contributed by atoms with Gasteiger partial charge in [-0.15, -0.1) is 11.3 Å². The van der Waals surface area contributed by atoms with Crippen LogP contribution in [0.1, 0.15) is 5.01 Å². The number of sulfonamides is 1. The maximum atomic E-state index is 12.4. The van der Waals surface area contributed by atoms with Gasteiger partial charge in [0.2, 0.25) is 0 Å². The number of nitrogens with one attached hydrogen (secondary N) is 2. The molecule has 0 aliphatic carbocycles. The van der Waals surface area contributed by atoms with E-state index in [1.165, 1.54) is 11.3 Å². The Morgan fingerprint density at radius 2 is 1.70 bits per heavy atom. The fourth-order valence-electron chi connectivity index (χ4n) is 2.24. The molecule has 0 aliphatic heterocycles. The Hall–Kier alpha value is -2.66. The Morgan fingerprint density at radius 3 is 2.33 bits per heavy atom. The first kappa shape index (κ1) is 19.1. The molecular formula is C16H12F3N3O3S2. The first-order valence-corrected chi connectivity index (χ1v) is 9.73. The summed E-state index contributed by atoms with van der Waals surface area (Å²) in [5.41, 5.74) is 0.920. The van der Waals surface area contributed by atoms with Crippen molar-refractivity contribution in [3.8, 4) is 0 Å². The Bertz CT molecular complexity index is 1110. The molecule has 27 heavy (non-hydrogen) atoms. The number of carbonyl (C=O) groups excluding carboxylic acids is 1. The van der Waals surface area contributed by atoms with E-state index in [0.29, 0.717) is 5.69 Å². The van der Waals surface area contributed by atoms with Gasteiger partial charge in [0.1, 0.15) is 0 Å². The quantitative estimate of drug-likeness (QED) is 0.676. The normalized spacial score (nSPS) is 12.1. The highest BCUT2D eigenvalue weighted by molar-refractivity contribution is 7.92. The molecule has 1 heterocycles. The highest BCUT2D eigenvalue weighted by atomic mass is 32.2. The number of aromatic nitrogens is 1. The third-order valence-electron chi connectivity index (χ3n) is 3.43. The summed E-state index contributed by atoms with van der Waals surface area (Å²) in [6.07, 6.45) is -5.03. The lowest BCUT2D eigenvalue weighted by Crippen LogP contribution is -2.29. The van der Waals surface area contributed by atoms with Crippen molar-refractivity contribution in [3.63, 3.8) is 0 Å². The van der Waals surface area contributed by atoms with Gasteiger partial charge in [-0.1, -0.05) is 0 Å². The number of anilines is 2. The monoisotopic (exact) mass is 415 g/mol. The number of rotatable bonds is 4. The molecule has 1 amide bonds. The molecule has 0 spiro atoms. The van der Waals surface area contributed by atoms with E-state index in [4.69, 9.17) is 0 Å². The van der Waals surface area contributed by atoms with Crippen molar-refractivity contribution < 1.29 is 26.4 Å². The van der Waals surface area contributed by atoms with Gasteiger partial charge in [0.05, 0.1) is 25.8 Å². The van der Waals surface area contributed by atoms with E-state index in [1.54, 1.807) is 23.5 Å². The fourth-order valence-corrected chi connectivity index (χ4v) is 4.15. The summed E-state index contributed by atoms with van der Waals surface area (Å²) in [4.78, 5) is 15.0. The number of benzene rings is 2. The Balaban J connectivity index is 1.78. The molecule has 0 unspecified atom stereocenters. The van der Waals surface area contributed by atoms with Crippen LogP contribution in [-0.2, 0) is 14.8 Å². The number of thiazole rings is 1. The van der Waals surface area contributed by atoms with Gasteiger partial charge in [0, 0.05) is 5.69 Å². The first-order chi connectivity index (χ1) is 12.5. The third kappa shape index (κ3) is 4.37. The van der Waals surface area contributed by atoms with Crippen LogP contribution in [0.4, 0.5) is 24.5 Å². The SMILES string of the molecule is Cc1nc2ccc(NS(=O)(=O)c3ccc(NC(=O)C(F)(F)F)cc3)cc2s1.